The number of aromatic amines is 1. The number of rotatable bonds is 6. The minimum Gasteiger partial charge on any atom is -0.466 e. The Morgan fingerprint density at radius 1 is 1.25 bits per heavy atom. The number of carbonyl (C=O) groups is 2. The van der Waals surface area contributed by atoms with Crippen molar-refractivity contribution < 1.29 is 14.3 Å². The average Bonchev–Trinajstić information content (AvgIpc) is 3.27. The number of hydrogen-bond acceptors (Lipinski definition) is 4. The zero-order chi connectivity index (χ0) is 20.1. The fourth-order valence-electron chi connectivity index (χ4n) is 3.48. The number of para-hydroxylation sites is 1. The van der Waals surface area contributed by atoms with Gasteiger partial charge >= 0.3 is 5.97 Å². The fourth-order valence-corrected chi connectivity index (χ4v) is 3.78. The summed E-state index contributed by atoms with van der Waals surface area (Å²) in [6.07, 6.45) is 1.42. The summed E-state index contributed by atoms with van der Waals surface area (Å²) in [5.41, 5.74) is 3.07. The maximum Gasteiger partial charge on any atom is 0.307 e. The molecule has 0 unspecified atom stereocenters. The molecule has 3 rings (SSSR count). The van der Waals surface area contributed by atoms with Gasteiger partial charge in [-0.25, -0.2) is 0 Å². The smallest absolute Gasteiger partial charge is 0.307 e. The fraction of sp³-hybridized carbons (Fsp3) is 0.450. The first kappa shape index (κ1) is 20.1. The van der Waals surface area contributed by atoms with Crippen LogP contribution in [0.25, 0.3) is 10.9 Å². The monoisotopic (exact) mass is 402 g/mol. The van der Waals surface area contributed by atoms with Gasteiger partial charge in [0.25, 0.3) is 0 Å². The number of hydrazine groups is 1. The van der Waals surface area contributed by atoms with Crippen LogP contribution in [0.2, 0.25) is 0 Å². The molecule has 1 aliphatic heterocycles. The van der Waals surface area contributed by atoms with E-state index in [1.165, 1.54) is 0 Å². The lowest BCUT2D eigenvalue weighted by Crippen LogP contribution is -2.49. The first-order valence-corrected chi connectivity index (χ1v) is 9.99. The molecule has 0 saturated carbocycles. The lowest BCUT2D eigenvalue weighted by molar-refractivity contribution is -0.143. The predicted octanol–water partition coefficient (Wildman–Crippen LogP) is 2.30. The zero-order valence-electron chi connectivity index (χ0n) is 16.3. The van der Waals surface area contributed by atoms with Crippen LogP contribution in [0, 0.1) is 6.92 Å². The summed E-state index contributed by atoms with van der Waals surface area (Å²) in [6, 6.07) is 8.01. The average molecular weight is 403 g/mol. The molecule has 2 heterocycles. The Kier molecular flexibility index (Phi) is 6.51. The number of aryl methyl sites for hydroxylation is 1. The third-order valence-electron chi connectivity index (χ3n) is 4.82. The third kappa shape index (κ3) is 4.44. The van der Waals surface area contributed by atoms with Crippen LogP contribution < -0.4 is 5.32 Å². The summed E-state index contributed by atoms with van der Waals surface area (Å²) >= 11 is 5.44. The Hall–Kier alpha value is -2.61. The van der Waals surface area contributed by atoms with Gasteiger partial charge in [-0.05, 0) is 44.1 Å². The number of carbonyl (C=O) groups excluding carboxylic acids is 2. The van der Waals surface area contributed by atoms with E-state index in [2.05, 4.69) is 10.3 Å². The van der Waals surface area contributed by atoms with Crippen LogP contribution in [0.15, 0.2) is 24.3 Å². The number of nitrogens with one attached hydrogen (secondary N) is 2. The predicted molar refractivity (Wildman–Crippen MR) is 112 cm³/mol. The van der Waals surface area contributed by atoms with Gasteiger partial charge in [0.1, 0.15) is 0 Å². The molecule has 1 saturated heterocycles. The van der Waals surface area contributed by atoms with Gasteiger partial charge in [0.15, 0.2) is 5.11 Å². The van der Waals surface area contributed by atoms with Gasteiger partial charge in [-0.1, -0.05) is 18.2 Å². The van der Waals surface area contributed by atoms with E-state index in [4.69, 9.17) is 17.0 Å². The molecule has 1 aliphatic rings. The molecule has 1 aromatic heterocycles. The summed E-state index contributed by atoms with van der Waals surface area (Å²) < 4.78 is 4.91. The summed E-state index contributed by atoms with van der Waals surface area (Å²) in [5, 5.41) is 8.10. The number of thiocarbonyl (C=S) groups is 1. The number of aromatic nitrogens is 1. The second-order valence-corrected chi connectivity index (χ2v) is 7.12. The molecule has 8 heteroatoms. The molecule has 1 amide bonds. The highest BCUT2D eigenvalue weighted by molar-refractivity contribution is 7.80. The van der Waals surface area contributed by atoms with Gasteiger partial charge in [0, 0.05) is 36.2 Å². The number of nitrogens with zero attached hydrogens (tertiary/aromatic N) is 2. The molecule has 150 valence electrons. The van der Waals surface area contributed by atoms with E-state index < -0.39 is 0 Å². The highest BCUT2D eigenvalue weighted by Gasteiger charge is 2.29. The van der Waals surface area contributed by atoms with Crippen LogP contribution in [0.4, 0.5) is 0 Å². The van der Waals surface area contributed by atoms with Gasteiger partial charge < -0.3 is 15.0 Å². The second kappa shape index (κ2) is 9.05. The number of hydrogen-bond donors (Lipinski definition) is 2. The van der Waals surface area contributed by atoms with Crippen molar-refractivity contribution in [1.29, 1.82) is 0 Å². The standard InChI is InChI=1S/C20H26N4O3S/c1-3-27-19(26)9-10-21-20(28)24-12-6-11-23(24)18(25)13-16-14(2)22-17-8-5-4-7-15(16)17/h4-5,7-8,22H,3,6,9-13H2,1-2H3,(H,21,28). The second-order valence-electron chi connectivity index (χ2n) is 6.73. The molecule has 0 spiro atoms. The molecular weight excluding hydrogens is 376 g/mol. The van der Waals surface area contributed by atoms with Crippen LogP contribution in [0.3, 0.4) is 0 Å². The third-order valence-corrected chi connectivity index (χ3v) is 5.17. The van der Waals surface area contributed by atoms with E-state index in [9.17, 15) is 9.59 Å². The molecule has 7 nitrogen and oxygen atoms in total. The van der Waals surface area contributed by atoms with Gasteiger partial charge in [0.05, 0.1) is 19.4 Å². The Balaban J connectivity index is 1.62. The molecule has 0 bridgehead atoms. The SMILES string of the molecule is CCOC(=O)CCNC(=S)N1CCCN1C(=O)Cc1c(C)[nH]c2ccccc12. The Bertz CT molecular complexity index is 879. The lowest BCUT2D eigenvalue weighted by atomic mass is 10.1. The molecule has 28 heavy (non-hydrogen) atoms. The summed E-state index contributed by atoms with van der Waals surface area (Å²) in [6.45, 7) is 5.84. The number of benzene rings is 1. The maximum atomic E-state index is 13.0. The van der Waals surface area contributed by atoms with Crippen molar-refractivity contribution in [2.75, 3.05) is 26.2 Å². The number of esters is 1. The number of H-pyrrole nitrogens is 1. The highest BCUT2D eigenvalue weighted by atomic mass is 32.1. The molecule has 1 fully saturated rings. The van der Waals surface area contributed by atoms with Crippen molar-refractivity contribution in [3.8, 4) is 0 Å². The first-order chi connectivity index (χ1) is 13.5. The number of fused-ring (bicyclic) bond motifs is 1. The summed E-state index contributed by atoms with van der Waals surface area (Å²) in [7, 11) is 0. The largest absolute Gasteiger partial charge is 0.466 e. The molecular formula is C20H26N4O3S. The van der Waals surface area contributed by atoms with Gasteiger partial charge in [-0.3, -0.25) is 19.6 Å². The topological polar surface area (TPSA) is 77.7 Å². The van der Waals surface area contributed by atoms with E-state index in [0.717, 1.165) is 28.6 Å². The minimum atomic E-state index is -0.262. The van der Waals surface area contributed by atoms with Crippen molar-refractivity contribution in [2.45, 2.75) is 33.1 Å². The van der Waals surface area contributed by atoms with Gasteiger partial charge in [-0.2, -0.15) is 0 Å². The zero-order valence-corrected chi connectivity index (χ0v) is 17.1. The number of amides is 1. The maximum absolute atomic E-state index is 13.0. The first-order valence-electron chi connectivity index (χ1n) is 9.58. The van der Waals surface area contributed by atoms with Crippen molar-refractivity contribution in [2.24, 2.45) is 0 Å². The molecule has 0 atom stereocenters. The van der Waals surface area contributed by atoms with E-state index in [1.807, 2.05) is 31.2 Å². The molecule has 2 aromatic rings. The van der Waals surface area contributed by atoms with E-state index in [0.29, 0.717) is 37.8 Å². The van der Waals surface area contributed by atoms with E-state index in [1.54, 1.807) is 16.9 Å². The van der Waals surface area contributed by atoms with Crippen molar-refractivity contribution >= 4 is 40.1 Å². The summed E-state index contributed by atoms with van der Waals surface area (Å²) in [5.74, 6) is -0.248. The molecule has 1 aromatic carbocycles. The minimum absolute atomic E-state index is 0.0138. The van der Waals surface area contributed by atoms with Crippen LogP contribution in [0.5, 0.6) is 0 Å². The quantitative estimate of drug-likeness (QED) is 0.570. The van der Waals surface area contributed by atoms with Crippen molar-refractivity contribution in [3.05, 3.63) is 35.5 Å². The van der Waals surface area contributed by atoms with Gasteiger partial charge in [-0.15, -0.1) is 0 Å². The highest BCUT2D eigenvalue weighted by Crippen LogP contribution is 2.23. The van der Waals surface area contributed by atoms with Crippen LogP contribution in [-0.2, 0) is 20.7 Å². The Morgan fingerprint density at radius 3 is 2.79 bits per heavy atom. The Morgan fingerprint density at radius 2 is 2.00 bits per heavy atom. The normalized spacial score (nSPS) is 13.8. The van der Waals surface area contributed by atoms with Crippen molar-refractivity contribution in [3.63, 3.8) is 0 Å². The van der Waals surface area contributed by atoms with E-state index >= 15 is 0 Å². The summed E-state index contributed by atoms with van der Waals surface area (Å²) in [4.78, 5) is 27.8. The Labute approximate surface area is 170 Å². The van der Waals surface area contributed by atoms with Gasteiger partial charge in [0.2, 0.25) is 5.91 Å². The van der Waals surface area contributed by atoms with Crippen LogP contribution in [-0.4, -0.2) is 58.2 Å². The van der Waals surface area contributed by atoms with Crippen molar-refractivity contribution in [1.82, 2.24) is 20.3 Å². The molecule has 0 radical (unpaired) electrons. The number of ether oxygens (including phenoxy) is 1. The lowest BCUT2D eigenvalue weighted by Gasteiger charge is -2.30. The van der Waals surface area contributed by atoms with E-state index in [-0.39, 0.29) is 18.3 Å². The van der Waals surface area contributed by atoms with Crippen LogP contribution >= 0.6 is 12.2 Å². The molecule has 0 aliphatic carbocycles. The molecule has 2 N–H and O–H groups in total. The van der Waals surface area contributed by atoms with Crippen LogP contribution in [0.1, 0.15) is 31.0 Å².